The molecule has 1 aromatic carbocycles. The Hall–Kier alpha value is -4.23. The molecule has 0 spiro atoms. The van der Waals surface area contributed by atoms with Crippen LogP contribution in [-0.2, 0) is 4.79 Å². The van der Waals surface area contributed by atoms with Gasteiger partial charge in [0.15, 0.2) is 5.75 Å². The van der Waals surface area contributed by atoms with Crippen molar-refractivity contribution in [2.75, 3.05) is 25.1 Å². The van der Waals surface area contributed by atoms with Gasteiger partial charge < -0.3 is 14.8 Å². The summed E-state index contributed by atoms with van der Waals surface area (Å²) in [5, 5.41) is 23.1. The fourth-order valence-corrected chi connectivity index (χ4v) is 2.28. The zero-order chi connectivity index (χ0) is 22.8. The first kappa shape index (κ1) is 23.1. The molecule has 2 aromatic rings. The van der Waals surface area contributed by atoms with Crippen molar-refractivity contribution < 1.29 is 19.2 Å². The summed E-state index contributed by atoms with van der Waals surface area (Å²) < 4.78 is 10.9. The highest BCUT2D eigenvalue weighted by Crippen LogP contribution is 2.38. The second kappa shape index (κ2) is 11.1. The Balaban J connectivity index is 2.09. The van der Waals surface area contributed by atoms with Crippen LogP contribution in [0.25, 0.3) is 0 Å². The number of hydrogen-bond donors (Lipinski definition) is 4. The molecule has 166 valence electrons. The number of nitrogens with one attached hydrogen (secondary N) is 4. The third kappa shape index (κ3) is 6.66. The molecule has 0 unspecified atom stereocenters. The molecular formula is C17H21N7O7. The van der Waals surface area contributed by atoms with Gasteiger partial charge in [0.25, 0.3) is 11.5 Å². The van der Waals surface area contributed by atoms with E-state index in [-0.39, 0.29) is 42.8 Å². The summed E-state index contributed by atoms with van der Waals surface area (Å²) >= 11 is 0. The van der Waals surface area contributed by atoms with Crippen LogP contribution in [0.2, 0.25) is 0 Å². The van der Waals surface area contributed by atoms with Crippen LogP contribution in [0.15, 0.2) is 26.8 Å². The van der Waals surface area contributed by atoms with E-state index < -0.39 is 22.1 Å². The molecule has 0 aliphatic carbocycles. The van der Waals surface area contributed by atoms with Crippen LogP contribution in [0.4, 0.5) is 11.5 Å². The lowest BCUT2D eigenvalue weighted by molar-refractivity contribution is -0.386. The number of nitrogens with zero attached hydrogens (tertiary/aromatic N) is 3. The standard InChI is InChI=1S/C17H21N7O7/c1-3-5-31-14-11(24(28)29)6-10(7-12(14)30-4-2)8-19-21-13(25)9-18-15-16(26)20-17(27)23-22-15/h6-8H,3-5,9H2,1-2H3,(H,18,22)(H,21,25)(H2,20,23,26,27)/b19-8+. The third-order valence-corrected chi connectivity index (χ3v) is 3.54. The molecule has 1 aromatic heterocycles. The molecule has 1 heterocycles. The number of nitro groups is 1. The van der Waals surface area contributed by atoms with Gasteiger partial charge in [-0.3, -0.25) is 24.7 Å². The van der Waals surface area contributed by atoms with E-state index in [1.165, 1.54) is 18.3 Å². The number of aromatic amines is 2. The second-order valence-electron chi connectivity index (χ2n) is 5.91. The fraction of sp³-hybridized carbons (Fsp3) is 0.353. The zero-order valence-electron chi connectivity index (χ0n) is 16.8. The summed E-state index contributed by atoms with van der Waals surface area (Å²) in [4.78, 5) is 47.0. The van der Waals surface area contributed by atoms with Gasteiger partial charge in [-0.25, -0.2) is 15.3 Å². The van der Waals surface area contributed by atoms with Crippen molar-refractivity contribution in [2.45, 2.75) is 20.3 Å². The largest absolute Gasteiger partial charge is 0.490 e. The van der Waals surface area contributed by atoms with Crippen molar-refractivity contribution in [3.63, 3.8) is 0 Å². The molecule has 0 aliphatic rings. The normalized spacial score (nSPS) is 10.6. The predicted octanol–water partition coefficient (Wildman–Crippen LogP) is 0.116. The summed E-state index contributed by atoms with van der Waals surface area (Å²) in [5.74, 6) is -0.676. The van der Waals surface area contributed by atoms with Crippen molar-refractivity contribution in [3.8, 4) is 11.5 Å². The van der Waals surface area contributed by atoms with Crippen molar-refractivity contribution in [2.24, 2.45) is 5.10 Å². The Morgan fingerprint density at radius 1 is 1.32 bits per heavy atom. The first-order chi connectivity index (χ1) is 14.8. The number of carbonyl (C=O) groups is 1. The number of rotatable bonds is 11. The molecule has 31 heavy (non-hydrogen) atoms. The second-order valence-corrected chi connectivity index (χ2v) is 5.91. The number of carbonyl (C=O) groups excluding carboxylic acids is 1. The summed E-state index contributed by atoms with van der Waals surface area (Å²) in [6.07, 6.45) is 1.86. The Labute approximate surface area is 174 Å². The van der Waals surface area contributed by atoms with E-state index in [4.69, 9.17) is 9.47 Å². The summed E-state index contributed by atoms with van der Waals surface area (Å²) in [7, 11) is 0. The van der Waals surface area contributed by atoms with Crippen molar-refractivity contribution >= 4 is 23.6 Å². The molecule has 0 bridgehead atoms. The highest BCUT2D eigenvalue weighted by atomic mass is 16.6. The number of ether oxygens (including phenoxy) is 2. The number of aromatic nitrogens is 3. The SMILES string of the molecule is CCCOc1c(OCC)cc(/C=N/NC(=O)CNc2n[nH]c(=O)[nH]c2=O)cc1[N+](=O)[O-]. The smallest absolute Gasteiger partial charge is 0.342 e. The Bertz CT molecular complexity index is 1080. The number of amides is 1. The van der Waals surface area contributed by atoms with Gasteiger partial charge in [-0.15, -0.1) is 5.10 Å². The minimum absolute atomic E-state index is 0.0257. The molecule has 0 saturated carbocycles. The lowest BCUT2D eigenvalue weighted by Gasteiger charge is -2.12. The lowest BCUT2D eigenvalue weighted by atomic mass is 10.2. The van der Waals surface area contributed by atoms with Crippen molar-refractivity contribution in [1.82, 2.24) is 20.6 Å². The van der Waals surface area contributed by atoms with Gasteiger partial charge >= 0.3 is 11.4 Å². The highest BCUT2D eigenvalue weighted by Gasteiger charge is 2.22. The van der Waals surface area contributed by atoms with Crippen LogP contribution in [0, 0.1) is 10.1 Å². The average molecular weight is 435 g/mol. The summed E-state index contributed by atoms with van der Waals surface area (Å²) in [6, 6.07) is 2.74. The predicted molar refractivity (Wildman–Crippen MR) is 110 cm³/mol. The van der Waals surface area contributed by atoms with Crippen LogP contribution in [0.1, 0.15) is 25.8 Å². The maximum Gasteiger partial charge on any atom is 0.342 e. The van der Waals surface area contributed by atoms with Crippen LogP contribution < -0.4 is 31.5 Å². The number of benzene rings is 1. The van der Waals surface area contributed by atoms with E-state index >= 15 is 0 Å². The van der Waals surface area contributed by atoms with E-state index in [1.54, 1.807) is 6.92 Å². The quantitative estimate of drug-likeness (QED) is 0.215. The number of hydrazone groups is 1. The van der Waals surface area contributed by atoms with Crippen LogP contribution in [0.3, 0.4) is 0 Å². The van der Waals surface area contributed by atoms with Gasteiger partial charge in [0.05, 0.1) is 30.9 Å². The van der Waals surface area contributed by atoms with Gasteiger partial charge in [0.1, 0.15) is 0 Å². The van der Waals surface area contributed by atoms with E-state index in [1.807, 2.05) is 17.0 Å². The number of anilines is 1. The van der Waals surface area contributed by atoms with Crippen LogP contribution in [0.5, 0.6) is 11.5 Å². The van der Waals surface area contributed by atoms with Crippen molar-refractivity contribution in [1.29, 1.82) is 0 Å². The maximum atomic E-state index is 11.8. The molecule has 0 radical (unpaired) electrons. The Kier molecular flexibility index (Phi) is 8.24. The zero-order valence-corrected chi connectivity index (χ0v) is 16.8. The van der Waals surface area contributed by atoms with E-state index in [0.29, 0.717) is 12.0 Å². The Morgan fingerprint density at radius 3 is 2.74 bits per heavy atom. The van der Waals surface area contributed by atoms with Gasteiger partial charge in [0.2, 0.25) is 11.6 Å². The van der Waals surface area contributed by atoms with Gasteiger partial charge in [-0.05, 0) is 19.4 Å². The monoisotopic (exact) mass is 435 g/mol. The van der Waals surface area contributed by atoms with Crippen LogP contribution in [-0.4, -0.2) is 52.0 Å². The van der Waals surface area contributed by atoms with E-state index in [2.05, 4.69) is 20.9 Å². The summed E-state index contributed by atoms with van der Waals surface area (Å²) in [5.41, 5.74) is 0.627. The Morgan fingerprint density at radius 2 is 2.10 bits per heavy atom. The molecule has 4 N–H and O–H groups in total. The first-order valence-corrected chi connectivity index (χ1v) is 9.18. The molecule has 0 atom stereocenters. The number of hydrogen-bond acceptors (Lipinski definition) is 10. The van der Waals surface area contributed by atoms with Crippen molar-refractivity contribution in [3.05, 3.63) is 48.6 Å². The van der Waals surface area contributed by atoms with E-state index in [9.17, 15) is 24.5 Å². The minimum atomic E-state index is -0.791. The number of nitro benzene ring substituents is 1. The fourth-order valence-electron chi connectivity index (χ4n) is 2.28. The maximum absolute atomic E-state index is 11.8. The highest BCUT2D eigenvalue weighted by molar-refractivity contribution is 5.86. The third-order valence-electron chi connectivity index (χ3n) is 3.54. The lowest BCUT2D eigenvalue weighted by Crippen LogP contribution is -2.31. The molecular weight excluding hydrogens is 414 g/mol. The van der Waals surface area contributed by atoms with Crippen LogP contribution >= 0.6 is 0 Å². The number of H-pyrrole nitrogens is 2. The molecule has 14 nitrogen and oxygen atoms in total. The molecule has 1 amide bonds. The van der Waals surface area contributed by atoms with E-state index in [0.717, 1.165) is 0 Å². The van der Waals surface area contributed by atoms with Gasteiger partial charge in [0, 0.05) is 11.6 Å². The van der Waals surface area contributed by atoms with Gasteiger partial charge in [-0.1, -0.05) is 6.92 Å². The average Bonchev–Trinajstić information content (AvgIpc) is 2.72. The van der Waals surface area contributed by atoms with Gasteiger partial charge in [-0.2, -0.15) is 5.10 Å². The topological polar surface area (TPSA) is 194 Å². The molecule has 0 aliphatic heterocycles. The first-order valence-electron chi connectivity index (χ1n) is 9.18. The molecule has 2 rings (SSSR count). The summed E-state index contributed by atoms with van der Waals surface area (Å²) in [6.45, 7) is 3.78. The minimum Gasteiger partial charge on any atom is -0.490 e. The molecule has 0 fully saturated rings. The molecule has 0 saturated heterocycles. The molecule has 14 heteroatoms.